The standard InChI is InChI=1S/C19H19N3O4S/c1-11-15(16(22-26-11)13-7-8-27-10-13)19(25)21-14(17(23)18(20)24)9-12-5-3-2-4-6-12/h2-8,10-11,14-15H,9H2,1H3,(H2,20,24)(H,21,25). The highest BCUT2D eigenvalue weighted by molar-refractivity contribution is 7.08. The van der Waals surface area contributed by atoms with E-state index >= 15 is 0 Å². The SMILES string of the molecule is CC1ON=C(c2ccsc2)C1C(=O)NC(Cc1ccccc1)C(=O)C(N)=O. The molecule has 3 unspecified atom stereocenters. The molecule has 7 nitrogen and oxygen atoms in total. The first-order chi connectivity index (χ1) is 13.0. The predicted molar refractivity (Wildman–Crippen MR) is 101 cm³/mol. The van der Waals surface area contributed by atoms with Crippen LogP contribution in [0.15, 0.2) is 52.3 Å². The van der Waals surface area contributed by atoms with Gasteiger partial charge in [0.2, 0.25) is 11.7 Å². The van der Waals surface area contributed by atoms with E-state index in [-0.39, 0.29) is 6.42 Å². The molecule has 3 rings (SSSR count). The van der Waals surface area contributed by atoms with E-state index in [9.17, 15) is 14.4 Å². The minimum absolute atomic E-state index is 0.168. The fourth-order valence-corrected chi connectivity index (χ4v) is 3.60. The summed E-state index contributed by atoms with van der Waals surface area (Å²) in [6.45, 7) is 1.73. The van der Waals surface area contributed by atoms with Gasteiger partial charge in [-0.05, 0) is 29.3 Å². The Morgan fingerprint density at radius 3 is 2.63 bits per heavy atom. The molecule has 0 saturated heterocycles. The number of nitrogens with zero attached hydrogens (tertiary/aromatic N) is 1. The van der Waals surface area contributed by atoms with Gasteiger partial charge in [-0.15, -0.1) is 0 Å². The number of nitrogens with two attached hydrogens (primary N) is 1. The van der Waals surface area contributed by atoms with Crippen molar-refractivity contribution < 1.29 is 19.2 Å². The number of nitrogens with one attached hydrogen (secondary N) is 1. The van der Waals surface area contributed by atoms with Gasteiger partial charge in [-0.2, -0.15) is 11.3 Å². The summed E-state index contributed by atoms with van der Waals surface area (Å²) in [6, 6.07) is 9.90. The molecule has 8 heteroatoms. The minimum atomic E-state index is -1.08. The van der Waals surface area contributed by atoms with Crippen LogP contribution >= 0.6 is 11.3 Å². The Morgan fingerprint density at radius 2 is 2.00 bits per heavy atom. The van der Waals surface area contributed by atoms with Gasteiger partial charge < -0.3 is 15.9 Å². The lowest BCUT2D eigenvalue weighted by Crippen LogP contribution is -2.51. The van der Waals surface area contributed by atoms with Crippen molar-refractivity contribution in [1.29, 1.82) is 0 Å². The van der Waals surface area contributed by atoms with Gasteiger partial charge in [-0.3, -0.25) is 14.4 Å². The Morgan fingerprint density at radius 1 is 1.26 bits per heavy atom. The second kappa shape index (κ2) is 8.13. The van der Waals surface area contributed by atoms with Crippen molar-refractivity contribution in [1.82, 2.24) is 5.32 Å². The van der Waals surface area contributed by atoms with Gasteiger partial charge in [-0.1, -0.05) is 35.5 Å². The van der Waals surface area contributed by atoms with Crippen molar-refractivity contribution in [3.63, 3.8) is 0 Å². The van der Waals surface area contributed by atoms with Crippen LogP contribution in [0.1, 0.15) is 18.1 Å². The van der Waals surface area contributed by atoms with E-state index in [1.807, 2.05) is 47.2 Å². The summed E-state index contributed by atoms with van der Waals surface area (Å²) in [5.74, 6) is -3.04. The van der Waals surface area contributed by atoms with E-state index in [4.69, 9.17) is 10.6 Å². The molecular weight excluding hydrogens is 366 g/mol. The lowest BCUT2D eigenvalue weighted by atomic mass is 9.92. The normalized spacial score (nSPS) is 19.7. The summed E-state index contributed by atoms with van der Waals surface area (Å²) in [6.07, 6.45) is -0.317. The molecule has 2 heterocycles. The van der Waals surface area contributed by atoms with Crippen LogP contribution in [0.2, 0.25) is 0 Å². The van der Waals surface area contributed by atoms with Crippen LogP contribution in [-0.2, 0) is 25.6 Å². The molecule has 1 aromatic carbocycles. The summed E-state index contributed by atoms with van der Waals surface area (Å²) in [5.41, 5.74) is 7.27. The molecule has 0 bridgehead atoms. The van der Waals surface area contributed by atoms with Crippen LogP contribution in [0, 0.1) is 5.92 Å². The minimum Gasteiger partial charge on any atom is -0.391 e. The highest BCUT2D eigenvalue weighted by Gasteiger charge is 2.39. The quantitative estimate of drug-likeness (QED) is 0.699. The summed E-state index contributed by atoms with van der Waals surface area (Å²) in [7, 11) is 0. The molecule has 0 spiro atoms. The van der Waals surface area contributed by atoms with Gasteiger partial charge in [0, 0.05) is 12.0 Å². The first-order valence-corrected chi connectivity index (χ1v) is 9.36. The number of Topliss-reactive ketones (excluding diaryl/α,β-unsaturated/α-hetero) is 1. The first kappa shape index (κ1) is 18.8. The molecule has 1 aromatic heterocycles. The number of thiophene rings is 1. The van der Waals surface area contributed by atoms with E-state index < -0.39 is 35.7 Å². The second-order valence-electron chi connectivity index (χ2n) is 6.26. The van der Waals surface area contributed by atoms with Gasteiger partial charge in [0.25, 0.3) is 5.91 Å². The van der Waals surface area contributed by atoms with Crippen LogP contribution in [0.3, 0.4) is 0 Å². The second-order valence-corrected chi connectivity index (χ2v) is 7.04. The third-order valence-corrected chi connectivity index (χ3v) is 5.02. The first-order valence-electron chi connectivity index (χ1n) is 8.41. The zero-order valence-corrected chi connectivity index (χ0v) is 15.4. The third-order valence-electron chi connectivity index (χ3n) is 4.34. The molecule has 2 amide bonds. The fraction of sp³-hybridized carbons (Fsp3) is 0.263. The molecule has 140 valence electrons. The number of rotatable bonds is 7. The number of ketones is 1. The zero-order chi connectivity index (χ0) is 19.4. The molecule has 0 saturated carbocycles. The van der Waals surface area contributed by atoms with Gasteiger partial charge in [0.05, 0.1) is 0 Å². The largest absolute Gasteiger partial charge is 0.391 e. The Balaban J connectivity index is 1.80. The Kier molecular flexibility index (Phi) is 5.66. The van der Waals surface area contributed by atoms with Crippen molar-refractivity contribution in [2.24, 2.45) is 16.8 Å². The Hall–Kier alpha value is -3.00. The average Bonchev–Trinajstić information content (AvgIpc) is 3.30. The molecule has 3 atom stereocenters. The topological polar surface area (TPSA) is 111 Å². The maximum absolute atomic E-state index is 12.9. The maximum atomic E-state index is 12.9. The lowest BCUT2D eigenvalue weighted by Gasteiger charge is -2.20. The number of hydrogen-bond donors (Lipinski definition) is 2. The highest BCUT2D eigenvalue weighted by atomic mass is 32.1. The number of carbonyl (C=O) groups is 3. The number of amides is 2. The van der Waals surface area contributed by atoms with Crippen LogP contribution in [0.4, 0.5) is 0 Å². The molecular formula is C19H19N3O4S. The van der Waals surface area contributed by atoms with Crippen LogP contribution < -0.4 is 11.1 Å². The molecule has 3 N–H and O–H groups in total. The van der Waals surface area contributed by atoms with Crippen molar-refractivity contribution in [2.75, 3.05) is 0 Å². The van der Waals surface area contributed by atoms with Gasteiger partial charge >= 0.3 is 0 Å². The van der Waals surface area contributed by atoms with Crippen LogP contribution in [0.5, 0.6) is 0 Å². The van der Waals surface area contributed by atoms with Crippen molar-refractivity contribution >= 4 is 34.6 Å². The van der Waals surface area contributed by atoms with E-state index in [0.29, 0.717) is 5.71 Å². The number of benzene rings is 1. The number of oxime groups is 1. The molecule has 1 aliphatic heterocycles. The van der Waals surface area contributed by atoms with E-state index in [2.05, 4.69) is 10.5 Å². The van der Waals surface area contributed by atoms with Crippen LogP contribution in [-0.4, -0.2) is 35.5 Å². The van der Waals surface area contributed by atoms with Crippen molar-refractivity contribution in [3.8, 4) is 0 Å². The van der Waals surface area contributed by atoms with Crippen molar-refractivity contribution in [3.05, 3.63) is 58.3 Å². The fourth-order valence-electron chi connectivity index (χ4n) is 2.95. The molecule has 1 aliphatic rings. The smallest absolute Gasteiger partial charge is 0.287 e. The summed E-state index contributed by atoms with van der Waals surface area (Å²) < 4.78 is 0. The molecule has 2 aromatic rings. The third kappa shape index (κ3) is 4.22. The molecule has 27 heavy (non-hydrogen) atoms. The molecule has 0 fully saturated rings. The monoisotopic (exact) mass is 385 g/mol. The van der Waals surface area contributed by atoms with Gasteiger partial charge in [0.15, 0.2) is 0 Å². The van der Waals surface area contributed by atoms with Gasteiger partial charge in [0.1, 0.15) is 23.8 Å². The average molecular weight is 385 g/mol. The summed E-state index contributed by atoms with van der Waals surface area (Å²) in [4.78, 5) is 41.9. The predicted octanol–water partition coefficient (Wildman–Crippen LogP) is 1.27. The van der Waals surface area contributed by atoms with E-state index in [1.54, 1.807) is 6.92 Å². The highest BCUT2D eigenvalue weighted by Crippen LogP contribution is 2.25. The van der Waals surface area contributed by atoms with E-state index in [0.717, 1.165) is 11.1 Å². The van der Waals surface area contributed by atoms with E-state index in [1.165, 1.54) is 11.3 Å². The summed E-state index contributed by atoms with van der Waals surface area (Å²) in [5, 5.41) is 10.4. The molecule has 0 aliphatic carbocycles. The Labute approximate surface area is 160 Å². The summed E-state index contributed by atoms with van der Waals surface area (Å²) >= 11 is 1.48. The molecule has 0 radical (unpaired) electrons. The number of primary amides is 1. The lowest BCUT2D eigenvalue weighted by molar-refractivity contribution is -0.138. The number of hydrogen-bond acceptors (Lipinski definition) is 6. The van der Waals surface area contributed by atoms with Crippen LogP contribution in [0.25, 0.3) is 0 Å². The maximum Gasteiger partial charge on any atom is 0.287 e. The zero-order valence-electron chi connectivity index (χ0n) is 14.6. The van der Waals surface area contributed by atoms with Crippen molar-refractivity contribution in [2.45, 2.75) is 25.5 Å². The Bertz CT molecular complexity index is 864. The van der Waals surface area contributed by atoms with Gasteiger partial charge in [-0.25, -0.2) is 0 Å². The number of carbonyl (C=O) groups excluding carboxylic acids is 3.